The van der Waals surface area contributed by atoms with Gasteiger partial charge in [-0.2, -0.15) is 0 Å². The molecule has 0 saturated carbocycles. The van der Waals surface area contributed by atoms with Crippen LogP contribution in [0.5, 0.6) is 0 Å². The monoisotopic (exact) mass is 454 g/mol. The molecular weight excluding hydrogens is 428 g/mol. The van der Waals surface area contributed by atoms with Crippen LogP contribution in [0, 0.1) is 5.92 Å². The summed E-state index contributed by atoms with van der Waals surface area (Å²) in [5.74, 6) is 0.185. The zero-order chi connectivity index (χ0) is 23.2. The number of hydrogen-bond acceptors (Lipinski definition) is 4. The summed E-state index contributed by atoms with van der Waals surface area (Å²) < 4.78 is 1.86. The van der Waals surface area contributed by atoms with Gasteiger partial charge in [-0.1, -0.05) is 48.5 Å². The fourth-order valence-electron chi connectivity index (χ4n) is 5.70. The third kappa shape index (κ3) is 3.48. The number of para-hydroxylation sites is 1. The highest BCUT2D eigenvalue weighted by Crippen LogP contribution is 2.36. The van der Waals surface area contributed by atoms with Gasteiger partial charge in [0.15, 0.2) is 0 Å². The van der Waals surface area contributed by atoms with E-state index in [1.54, 1.807) is 23.1 Å². The molecule has 1 fully saturated rings. The van der Waals surface area contributed by atoms with E-state index >= 15 is 0 Å². The van der Waals surface area contributed by atoms with Gasteiger partial charge in [0.1, 0.15) is 12.7 Å². The maximum absolute atomic E-state index is 13.5. The first-order chi connectivity index (χ1) is 16.6. The van der Waals surface area contributed by atoms with Gasteiger partial charge in [0.2, 0.25) is 5.91 Å². The lowest BCUT2D eigenvalue weighted by Crippen LogP contribution is -2.53. The summed E-state index contributed by atoms with van der Waals surface area (Å²) in [4.78, 5) is 42.9. The summed E-state index contributed by atoms with van der Waals surface area (Å²) in [6.45, 7) is 1.82. The second-order valence-corrected chi connectivity index (χ2v) is 9.43. The number of benzene rings is 2. The quantitative estimate of drug-likeness (QED) is 0.660. The molecular formula is C27H26N4O3. The number of carbonyl (C=O) groups is 2. The number of carbonyl (C=O) groups excluding carboxylic acids is 2. The molecule has 6 rings (SSSR count). The smallest absolute Gasteiger partial charge is 0.258 e. The number of fused-ring (bicyclic) bond motifs is 5. The van der Waals surface area contributed by atoms with Crippen LogP contribution in [-0.2, 0) is 11.3 Å². The highest BCUT2D eigenvalue weighted by atomic mass is 16.2. The van der Waals surface area contributed by atoms with Crippen LogP contribution in [0.1, 0.15) is 40.1 Å². The second-order valence-electron chi connectivity index (χ2n) is 9.43. The van der Waals surface area contributed by atoms with Crippen molar-refractivity contribution in [2.24, 2.45) is 5.92 Å². The minimum Gasteiger partial charge on any atom is -0.361 e. The molecule has 2 bridgehead atoms. The molecule has 1 saturated heterocycles. The number of likely N-dealkylation sites (tertiary alicyclic amines) is 1. The molecule has 1 aromatic heterocycles. The first kappa shape index (κ1) is 20.7. The minimum absolute atomic E-state index is 0.000758. The van der Waals surface area contributed by atoms with Gasteiger partial charge in [0, 0.05) is 43.0 Å². The van der Waals surface area contributed by atoms with Crippen LogP contribution in [0.4, 0.5) is 5.69 Å². The third-order valence-electron chi connectivity index (χ3n) is 7.28. The average Bonchev–Trinajstić information content (AvgIpc) is 2.86. The number of hydrogen-bond donors (Lipinski definition) is 1. The highest BCUT2D eigenvalue weighted by molar-refractivity contribution is 6.03. The SMILES string of the molecule is O=C(CN1C(=O)c2ccccc2N[C@@H]1c1ccccc1)N1C[C@H]2C[C@@H](C1)c1cccc(=O)n1C2. The molecule has 2 aromatic carbocycles. The maximum atomic E-state index is 13.5. The van der Waals surface area contributed by atoms with Crippen molar-refractivity contribution in [3.8, 4) is 0 Å². The molecule has 0 radical (unpaired) electrons. The van der Waals surface area contributed by atoms with Crippen LogP contribution in [0.25, 0.3) is 0 Å². The summed E-state index contributed by atoms with van der Waals surface area (Å²) in [5, 5.41) is 3.46. The van der Waals surface area contributed by atoms with Gasteiger partial charge in [-0.05, 0) is 36.1 Å². The molecule has 1 N–H and O–H groups in total. The molecule has 7 nitrogen and oxygen atoms in total. The number of pyridine rings is 1. The van der Waals surface area contributed by atoms with Crippen LogP contribution in [0.3, 0.4) is 0 Å². The van der Waals surface area contributed by atoms with Crippen LogP contribution in [0.2, 0.25) is 0 Å². The van der Waals surface area contributed by atoms with E-state index in [9.17, 15) is 14.4 Å². The predicted molar refractivity (Wildman–Crippen MR) is 128 cm³/mol. The van der Waals surface area contributed by atoms with E-state index in [2.05, 4.69) is 5.32 Å². The molecule has 0 spiro atoms. The van der Waals surface area contributed by atoms with Gasteiger partial charge in [-0.3, -0.25) is 14.4 Å². The number of nitrogens with zero attached hydrogens (tertiary/aromatic N) is 3. The van der Waals surface area contributed by atoms with E-state index in [0.29, 0.717) is 25.2 Å². The number of nitrogens with one attached hydrogen (secondary N) is 1. The Labute approximate surface area is 197 Å². The Kier molecular flexibility index (Phi) is 4.98. The van der Waals surface area contributed by atoms with Crippen molar-refractivity contribution in [1.82, 2.24) is 14.4 Å². The molecule has 2 amide bonds. The number of piperidine rings is 1. The van der Waals surface area contributed by atoms with Gasteiger partial charge in [-0.15, -0.1) is 0 Å². The molecule has 3 aliphatic heterocycles. The Bertz CT molecular complexity index is 1320. The topological polar surface area (TPSA) is 74.7 Å². The van der Waals surface area contributed by atoms with Crippen molar-refractivity contribution in [1.29, 1.82) is 0 Å². The number of rotatable bonds is 3. The molecule has 3 aromatic rings. The lowest BCUT2D eigenvalue weighted by molar-refractivity contribution is -0.135. The van der Waals surface area contributed by atoms with Gasteiger partial charge >= 0.3 is 0 Å². The lowest BCUT2D eigenvalue weighted by Gasteiger charge is -2.44. The first-order valence-electron chi connectivity index (χ1n) is 11.8. The van der Waals surface area contributed by atoms with Crippen molar-refractivity contribution in [3.63, 3.8) is 0 Å². The molecule has 0 unspecified atom stereocenters. The normalized spacial score (nSPS) is 23.1. The van der Waals surface area contributed by atoms with E-state index in [1.165, 1.54) is 0 Å². The minimum atomic E-state index is -0.420. The van der Waals surface area contributed by atoms with E-state index in [-0.39, 0.29) is 35.8 Å². The van der Waals surface area contributed by atoms with E-state index in [4.69, 9.17) is 0 Å². The molecule has 172 valence electrons. The van der Waals surface area contributed by atoms with Crippen LogP contribution in [-0.4, -0.2) is 45.8 Å². The second kappa shape index (κ2) is 8.17. The molecule has 3 aliphatic rings. The summed E-state index contributed by atoms with van der Waals surface area (Å²) >= 11 is 0. The molecule has 34 heavy (non-hydrogen) atoms. The zero-order valence-corrected chi connectivity index (χ0v) is 18.8. The highest BCUT2D eigenvalue weighted by Gasteiger charge is 2.39. The van der Waals surface area contributed by atoms with E-state index in [0.717, 1.165) is 23.4 Å². The fourth-order valence-corrected chi connectivity index (χ4v) is 5.70. The molecule has 4 heterocycles. The largest absolute Gasteiger partial charge is 0.361 e. The Morgan fingerprint density at radius 2 is 1.68 bits per heavy atom. The fraction of sp³-hybridized carbons (Fsp3) is 0.296. The van der Waals surface area contributed by atoms with E-state index < -0.39 is 6.17 Å². The average molecular weight is 455 g/mol. The Balaban J connectivity index is 1.27. The third-order valence-corrected chi connectivity index (χ3v) is 7.28. The van der Waals surface area contributed by atoms with Gasteiger partial charge < -0.3 is 19.7 Å². The number of aromatic nitrogens is 1. The number of amides is 2. The van der Waals surface area contributed by atoms with Gasteiger partial charge in [0.25, 0.3) is 11.5 Å². The predicted octanol–water partition coefficient (Wildman–Crippen LogP) is 3.06. The lowest BCUT2D eigenvalue weighted by atomic mass is 9.83. The van der Waals surface area contributed by atoms with E-state index in [1.807, 2.05) is 64.1 Å². The van der Waals surface area contributed by atoms with Crippen molar-refractivity contribution >= 4 is 17.5 Å². The summed E-state index contributed by atoms with van der Waals surface area (Å²) in [5.41, 5.74) is 3.32. The Morgan fingerprint density at radius 3 is 2.53 bits per heavy atom. The number of anilines is 1. The van der Waals surface area contributed by atoms with Crippen LogP contribution in [0.15, 0.2) is 77.6 Å². The Hall–Kier alpha value is -3.87. The molecule has 3 atom stereocenters. The summed E-state index contributed by atoms with van der Waals surface area (Å²) in [7, 11) is 0. The maximum Gasteiger partial charge on any atom is 0.258 e. The van der Waals surface area contributed by atoms with Gasteiger partial charge in [-0.25, -0.2) is 0 Å². The van der Waals surface area contributed by atoms with Crippen molar-refractivity contribution in [3.05, 3.63) is 100.0 Å². The van der Waals surface area contributed by atoms with Crippen LogP contribution >= 0.6 is 0 Å². The van der Waals surface area contributed by atoms with Crippen molar-refractivity contribution in [2.75, 3.05) is 25.0 Å². The summed E-state index contributed by atoms with van der Waals surface area (Å²) in [6.07, 6.45) is 0.563. The zero-order valence-electron chi connectivity index (χ0n) is 18.8. The standard InChI is InChI=1S/C27H26N4O3/c32-24-12-6-11-23-20-13-18(15-30(23)24)14-29(16-20)25(33)17-31-26(19-7-2-1-3-8-19)28-22-10-5-4-9-21(22)27(31)34/h1-12,18,20,26,28H,13-17H2/t18-,20+,26+/m1/s1. The summed E-state index contributed by atoms with van der Waals surface area (Å²) in [6, 6.07) is 22.6. The van der Waals surface area contributed by atoms with Gasteiger partial charge in [0.05, 0.1) is 5.56 Å². The first-order valence-corrected chi connectivity index (χ1v) is 11.8. The molecule has 0 aliphatic carbocycles. The molecule has 7 heteroatoms. The van der Waals surface area contributed by atoms with Crippen molar-refractivity contribution < 1.29 is 9.59 Å². The van der Waals surface area contributed by atoms with Crippen LogP contribution < -0.4 is 10.9 Å². The van der Waals surface area contributed by atoms with Crippen molar-refractivity contribution in [2.45, 2.75) is 25.0 Å². The Morgan fingerprint density at radius 1 is 0.882 bits per heavy atom.